The zero-order valence-electron chi connectivity index (χ0n) is 14.2. The van der Waals surface area contributed by atoms with Crippen LogP contribution in [0.2, 0.25) is 0 Å². The molecular weight excluding hydrogens is 280 g/mol. The van der Waals surface area contributed by atoms with Crippen LogP contribution in [-0.4, -0.2) is 25.0 Å². The molecule has 0 saturated carbocycles. The number of amides is 1. The van der Waals surface area contributed by atoms with Crippen molar-refractivity contribution in [3.8, 4) is 0 Å². The molecular formula is C17H26N2O3. The molecule has 1 rings (SSSR count). The number of hydrogen-bond donors (Lipinski definition) is 2. The van der Waals surface area contributed by atoms with Crippen LogP contribution in [0.4, 0.5) is 11.4 Å². The van der Waals surface area contributed by atoms with Gasteiger partial charge in [0.1, 0.15) is 6.04 Å². The normalized spacial score (nSPS) is 12.5. The van der Waals surface area contributed by atoms with Crippen LogP contribution in [0.25, 0.3) is 0 Å². The second-order valence-corrected chi connectivity index (χ2v) is 6.36. The van der Waals surface area contributed by atoms with Gasteiger partial charge in [-0.1, -0.05) is 33.8 Å². The first kappa shape index (κ1) is 18.0. The van der Waals surface area contributed by atoms with E-state index < -0.39 is 11.5 Å². The van der Waals surface area contributed by atoms with Gasteiger partial charge in [0.05, 0.1) is 7.11 Å². The molecule has 122 valence electrons. The lowest BCUT2D eigenvalue weighted by atomic mass is 9.95. The third-order valence-electron chi connectivity index (χ3n) is 3.40. The number of esters is 1. The average Bonchev–Trinajstić information content (AvgIpc) is 2.46. The Bertz CT molecular complexity index is 547. The Labute approximate surface area is 132 Å². The lowest BCUT2D eigenvalue weighted by Crippen LogP contribution is -2.30. The van der Waals surface area contributed by atoms with Crippen LogP contribution in [0.15, 0.2) is 18.2 Å². The fourth-order valence-electron chi connectivity index (χ4n) is 1.83. The third-order valence-corrected chi connectivity index (χ3v) is 3.40. The lowest BCUT2D eigenvalue weighted by Gasteiger charge is -2.20. The fourth-order valence-corrected chi connectivity index (χ4v) is 1.83. The van der Waals surface area contributed by atoms with Crippen LogP contribution in [0.3, 0.4) is 0 Å². The van der Waals surface area contributed by atoms with Gasteiger partial charge >= 0.3 is 5.97 Å². The van der Waals surface area contributed by atoms with E-state index in [0.29, 0.717) is 6.42 Å². The van der Waals surface area contributed by atoms with Gasteiger partial charge in [-0.25, -0.2) is 4.79 Å². The highest BCUT2D eigenvalue weighted by atomic mass is 16.5. The van der Waals surface area contributed by atoms with Crippen molar-refractivity contribution in [2.24, 2.45) is 5.41 Å². The molecule has 1 amide bonds. The standard InChI is InChI=1S/C17H26N2O3/c1-7-13(15(20)22-6)18-12-9-8-11(2)14(10-12)19-16(21)17(3,4)5/h8-10,13,18H,7H2,1-6H3,(H,19,21). The molecule has 1 aromatic rings. The van der Waals surface area contributed by atoms with Gasteiger partial charge in [0.2, 0.25) is 5.91 Å². The lowest BCUT2D eigenvalue weighted by molar-refractivity contribution is -0.141. The molecule has 0 bridgehead atoms. The van der Waals surface area contributed by atoms with Crippen molar-refractivity contribution in [3.05, 3.63) is 23.8 Å². The number of carbonyl (C=O) groups excluding carboxylic acids is 2. The molecule has 0 radical (unpaired) electrons. The number of anilines is 2. The second-order valence-electron chi connectivity index (χ2n) is 6.36. The zero-order valence-corrected chi connectivity index (χ0v) is 14.2. The van der Waals surface area contributed by atoms with Crippen LogP contribution < -0.4 is 10.6 Å². The third kappa shape index (κ3) is 4.76. The van der Waals surface area contributed by atoms with E-state index in [-0.39, 0.29) is 11.9 Å². The van der Waals surface area contributed by atoms with E-state index in [1.807, 2.05) is 52.8 Å². The topological polar surface area (TPSA) is 67.4 Å². The summed E-state index contributed by atoms with van der Waals surface area (Å²) < 4.78 is 4.77. The summed E-state index contributed by atoms with van der Waals surface area (Å²) in [5.74, 6) is -0.351. The molecule has 0 aliphatic rings. The van der Waals surface area contributed by atoms with Crippen LogP contribution in [0.5, 0.6) is 0 Å². The summed E-state index contributed by atoms with van der Waals surface area (Å²) in [5, 5.41) is 6.06. The van der Waals surface area contributed by atoms with Crippen molar-refractivity contribution in [2.45, 2.75) is 47.1 Å². The van der Waals surface area contributed by atoms with Crippen molar-refractivity contribution in [2.75, 3.05) is 17.7 Å². The quantitative estimate of drug-likeness (QED) is 0.819. The molecule has 0 aromatic heterocycles. The minimum Gasteiger partial charge on any atom is -0.467 e. The maximum absolute atomic E-state index is 12.1. The highest BCUT2D eigenvalue weighted by Crippen LogP contribution is 2.24. The molecule has 0 aliphatic heterocycles. The molecule has 1 aromatic carbocycles. The molecule has 2 N–H and O–H groups in total. The Morgan fingerprint density at radius 3 is 2.41 bits per heavy atom. The predicted octanol–water partition coefficient (Wildman–Crippen LogP) is 3.34. The maximum Gasteiger partial charge on any atom is 0.328 e. The predicted molar refractivity (Wildman–Crippen MR) is 89.0 cm³/mol. The average molecular weight is 306 g/mol. The number of hydrogen-bond acceptors (Lipinski definition) is 4. The van der Waals surface area contributed by atoms with Crippen molar-refractivity contribution in [1.82, 2.24) is 0 Å². The molecule has 0 saturated heterocycles. The molecule has 0 aliphatic carbocycles. The Morgan fingerprint density at radius 1 is 1.27 bits per heavy atom. The van der Waals surface area contributed by atoms with E-state index in [4.69, 9.17) is 4.74 Å². The summed E-state index contributed by atoms with van der Waals surface area (Å²) >= 11 is 0. The molecule has 22 heavy (non-hydrogen) atoms. The minimum absolute atomic E-state index is 0.0484. The summed E-state index contributed by atoms with van der Waals surface area (Å²) in [6, 6.07) is 5.22. The monoisotopic (exact) mass is 306 g/mol. The maximum atomic E-state index is 12.1. The van der Waals surface area contributed by atoms with Gasteiger partial charge in [0.15, 0.2) is 0 Å². The van der Waals surface area contributed by atoms with Gasteiger partial charge in [-0.15, -0.1) is 0 Å². The van der Waals surface area contributed by atoms with Crippen LogP contribution in [0.1, 0.15) is 39.7 Å². The highest BCUT2D eigenvalue weighted by molar-refractivity contribution is 5.95. The fraction of sp³-hybridized carbons (Fsp3) is 0.529. The summed E-state index contributed by atoms with van der Waals surface area (Å²) in [6.45, 7) is 9.43. The van der Waals surface area contributed by atoms with Gasteiger partial charge in [0.25, 0.3) is 0 Å². The summed E-state index contributed by atoms with van der Waals surface area (Å²) in [4.78, 5) is 23.8. The molecule has 1 atom stereocenters. The summed E-state index contributed by atoms with van der Waals surface area (Å²) in [5.41, 5.74) is 2.01. The van der Waals surface area contributed by atoms with E-state index >= 15 is 0 Å². The largest absolute Gasteiger partial charge is 0.467 e. The van der Waals surface area contributed by atoms with Gasteiger partial charge in [0, 0.05) is 16.8 Å². The Morgan fingerprint density at radius 2 is 1.91 bits per heavy atom. The van der Waals surface area contributed by atoms with Crippen LogP contribution in [-0.2, 0) is 14.3 Å². The molecule has 5 nitrogen and oxygen atoms in total. The Balaban J connectivity index is 2.94. The summed E-state index contributed by atoms with van der Waals surface area (Å²) in [7, 11) is 1.37. The Kier molecular flexibility index (Phi) is 5.97. The first-order chi connectivity index (χ1) is 10.2. The van der Waals surface area contributed by atoms with Gasteiger partial charge < -0.3 is 15.4 Å². The van der Waals surface area contributed by atoms with E-state index in [2.05, 4.69) is 10.6 Å². The highest BCUT2D eigenvalue weighted by Gasteiger charge is 2.22. The molecule has 0 heterocycles. The van der Waals surface area contributed by atoms with Crippen molar-refractivity contribution < 1.29 is 14.3 Å². The number of rotatable bonds is 5. The van der Waals surface area contributed by atoms with Gasteiger partial charge in [-0.2, -0.15) is 0 Å². The van der Waals surface area contributed by atoms with E-state index in [9.17, 15) is 9.59 Å². The zero-order chi connectivity index (χ0) is 16.9. The number of methoxy groups -OCH3 is 1. The molecule has 0 spiro atoms. The van der Waals surface area contributed by atoms with Gasteiger partial charge in [-0.3, -0.25) is 4.79 Å². The number of carbonyl (C=O) groups is 2. The number of ether oxygens (including phenoxy) is 1. The Hall–Kier alpha value is -2.04. The number of nitrogens with one attached hydrogen (secondary N) is 2. The van der Waals surface area contributed by atoms with E-state index in [1.165, 1.54) is 7.11 Å². The van der Waals surface area contributed by atoms with Crippen molar-refractivity contribution in [3.63, 3.8) is 0 Å². The van der Waals surface area contributed by atoms with Crippen LogP contribution in [0, 0.1) is 12.3 Å². The number of aryl methyl sites for hydroxylation is 1. The van der Waals surface area contributed by atoms with Gasteiger partial charge in [-0.05, 0) is 31.0 Å². The van der Waals surface area contributed by atoms with Crippen molar-refractivity contribution in [1.29, 1.82) is 0 Å². The second kappa shape index (κ2) is 7.29. The molecule has 1 unspecified atom stereocenters. The van der Waals surface area contributed by atoms with Crippen LogP contribution >= 0.6 is 0 Å². The van der Waals surface area contributed by atoms with Crippen molar-refractivity contribution >= 4 is 23.3 Å². The first-order valence-corrected chi connectivity index (χ1v) is 7.45. The SMILES string of the molecule is CCC(Nc1ccc(C)c(NC(=O)C(C)(C)C)c1)C(=O)OC. The smallest absolute Gasteiger partial charge is 0.328 e. The minimum atomic E-state index is -0.464. The van der Waals surface area contributed by atoms with E-state index in [1.54, 1.807) is 0 Å². The summed E-state index contributed by atoms with van der Waals surface area (Å²) in [6.07, 6.45) is 0.615. The number of benzene rings is 1. The molecule has 0 fully saturated rings. The first-order valence-electron chi connectivity index (χ1n) is 7.45. The van der Waals surface area contributed by atoms with E-state index in [0.717, 1.165) is 16.9 Å². The molecule has 5 heteroatoms.